The molecule has 2 aromatic rings. The van der Waals surface area contributed by atoms with Gasteiger partial charge in [0.05, 0.1) is 18.8 Å². The van der Waals surface area contributed by atoms with Crippen LogP contribution in [0.5, 0.6) is 5.75 Å². The summed E-state index contributed by atoms with van der Waals surface area (Å²) in [5.74, 6) is 3.19. The van der Waals surface area contributed by atoms with E-state index in [2.05, 4.69) is 48.7 Å². The van der Waals surface area contributed by atoms with E-state index in [-0.39, 0.29) is 0 Å². The molecule has 3 rings (SSSR count). The lowest BCUT2D eigenvalue weighted by atomic mass is 9.93. The van der Waals surface area contributed by atoms with Gasteiger partial charge >= 0.3 is 0 Å². The first-order chi connectivity index (χ1) is 13.3. The standard InChI is InChI=1S/C21H30N4O2/c1-4-18-17(19(5-2)27-25-18)14-24-21(22-6-3)23-13-15-11-12-26-20-10-8-7-9-16(15)20/h7-10,15H,4-6,11-14H2,1-3H3,(H2,22,23,24). The van der Waals surface area contributed by atoms with Crippen molar-refractivity contribution in [1.82, 2.24) is 15.8 Å². The Morgan fingerprint density at radius 2 is 2.04 bits per heavy atom. The highest BCUT2D eigenvalue weighted by Gasteiger charge is 2.21. The van der Waals surface area contributed by atoms with E-state index in [0.717, 1.165) is 67.7 Å². The predicted molar refractivity (Wildman–Crippen MR) is 107 cm³/mol. The highest BCUT2D eigenvalue weighted by atomic mass is 16.5. The minimum Gasteiger partial charge on any atom is -0.493 e. The molecule has 1 unspecified atom stereocenters. The van der Waals surface area contributed by atoms with Crippen LogP contribution in [0.2, 0.25) is 0 Å². The van der Waals surface area contributed by atoms with Gasteiger partial charge in [0.25, 0.3) is 0 Å². The molecule has 1 atom stereocenters. The van der Waals surface area contributed by atoms with Crippen LogP contribution in [0.3, 0.4) is 0 Å². The molecule has 1 aliphatic heterocycles. The SMILES string of the molecule is CCNC(=NCc1c(CC)noc1CC)NCC1CCOc2ccccc21. The van der Waals surface area contributed by atoms with E-state index in [1.54, 1.807) is 0 Å². The van der Waals surface area contributed by atoms with E-state index in [1.807, 2.05) is 12.1 Å². The molecule has 2 N–H and O–H groups in total. The normalized spacial score (nSPS) is 16.6. The van der Waals surface area contributed by atoms with E-state index < -0.39 is 0 Å². The molecule has 1 aromatic carbocycles. The maximum absolute atomic E-state index is 5.76. The molecule has 146 valence electrons. The van der Waals surface area contributed by atoms with Crippen molar-refractivity contribution in [3.05, 3.63) is 46.8 Å². The second-order valence-electron chi connectivity index (χ2n) is 6.69. The molecule has 0 bridgehead atoms. The van der Waals surface area contributed by atoms with Crippen LogP contribution < -0.4 is 15.4 Å². The van der Waals surface area contributed by atoms with Crippen LogP contribution in [0.25, 0.3) is 0 Å². The number of fused-ring (bicyclic) bond motifs is 1. The van der Waals surface area contributed by atoms with Crippen LogP contribution in [0.1, 0.15) is 55.7 Å². The fourth-order valence-corrected chi connectivity index (χ4v) is 3.46. The quantitative estimate of drug-likeness (QED) is 0.577. The lowest BCUT2D eigenvalue weighted by molar-refractivity contribution is 0.267. The number of hydrogen-bond donors (Lipinski definition) is 2. The van der Waals surface area contributed by atoms with E-state index in [9.17, 15) is 0 Å². The Hall–Kier alpha value is -2.50. The largest absolute Gasteiger partial charge is 0.493 e. The van der Waals surface area contributed by atoms with Crippen molar-refractivity contribution in [3.63, 3.8) is 0 Å². The monoisotopic (exact) mass is 370 g/mol. The number of rotatable bonds is 7. The molecule has 0 aliphatic carbocycles. The Balaban J connectivity index is 1.68. The van der Waals surface area contributed by atoms with Crippen LogP contribution in [-0.4, -0.2) is 30.8 Å². The Labute approximate surface area is 161 Å². The number of hydrogen-bond acceptors (Lipinski definition) is 4. The molecular weight excluding hydrogens is 340 g/mol. The van der Waals surface area contributed by atoms with Crippen molar-refractivity contribution in [2.24, 2.45) is 4.99 Å². The number of ether oxygens (including phenoxy) is 1. The van der Waals surface area contributed by atoms with Crippen molar-refractivity contribution in [2.75, 3.05) is 19.7 Å². The minimum absolute atomic E-state index is 0.423. The van der Waals surface area contributed by atoms with E-state index in [1.165, 1.54) is 5.56 Å². The number of guanidine groups is 1. The Morgan fingerprint density at radius 1 is 1.19 bits per heavy atom. The number of benzene rings is 1. The number of aromatic nitrogens is 1. The highest BCUT2D eigenvalue weighted by molar-refractivity contribution is 5.79. The van der Waals surface area contributed by atoms with Gasteiger partial charge in [-0.15, -0.1) is 0 Å². The molecule has 0 radical (unpaired) electrons. The fourth-order valence-electron chi connectivity index (χ4n) is 3.46. The Bertz CT molecular complexity index is 748. The van der Waals surface area contributed by atoms with Gasteiger partial charge < -0.3 is 19.9 Å². The molecule has 6 nitrogen and oxygen atoms in total. The van der Waals surface area contributed by atoms with Gasteiger partial charge in [-0.2, -0.15) is 0 Å². The van der Waals surface area contributed by atoms with Crippen LogP contribution in [0.15, 0.2) is 33.8 Å². The summed E-state index contributed by atoms with van der Waals surface area (Å²) in [7, 11) is 0. The summed E-state index contributed by atoms with van der Waals surface area (Å²) >= 11 is 0. The van der Waals surface area contributed by atoms with Crippen molar-refractivity contribution in [1.29, 1.82) is 0 Å². The number of nitrogens with zero attached hydrogens (tertiary/aromatic N) is 2. The first-order valence-electron chi connectivity index (χ1n) is 9.96. The number of aryl methyl sites for hydroxylation is 2. The second kappa shape index (κ2) is 9.44. The van der Waals surface area contributed by atoms with Crippen LogP contribution in [0.4, 0.5) is 0 Å². The fraction of sp³-hybridized carbons (Fsp3) is 0.524. The van der Waals surface area contributed by atoms with Gasteiger partial charge in [-0.25, -0.2) is 4.99 Å². The second-order valence-corrected chi connectivity index (χ2v) is 6.69. The van der Waals surface area contributed by atoms with E-state index in [0.29, 0.717) is 12.5 Å². The van der Waals surface area contributed by atoms with Crippen LogP contribution >= 0.6 is 0 Å². The van der Waals surface area contributed by atoms with E-state index in [4.69, 9.17) is 14.3 Å². The lowest BCUT2D eigenvalue weighted by Crippen LogP contribution is -2.40. The minimum atomic E-state index is 0.423. The molecule has 2 heterocycles. The summed E-state index contributed by atoms with van der Waals surface area (Å²) < 4.78 is 11.2. The van der Waals surface area contributed by atoms with Gasteiger partial charge in [0, 0.05) is 31.0 Å². The first kappa shape index (κ1) is 19.3. The molecule has 0 saturated carbocycles. The third-order valence-electron chi connectivity index (χ3n) is 4.95. The third kappa shape index (κ3) is 4.62. The smallest absolute Gasteiger partial charge is 0.191 e. The van der Waals surface area contributed by atoms with Gasteiger partial charge in [0.1, 0.15) is 11.5 Å². The average molecular weight is 370 g/mol. The number of nitrogens with one attached hydrogen (secondary N) is 2. The van der Waals surface area contributed by atoms with Gasteiger partial charge in [0.2, 0.25) is 0 Å². The maximum atomic E-state index is 5.76. The topological polar surface area (TPSA) is 71.7 Å². The maximum Gasteiger partial charge on any atom is 0.191 e. The molecule has 0 spiro atoms. The summed E-state index contributed by atoms with van der Waals surface area (Å²) in [4.78, 5) is 4.78. The van der Waals surface area contributed by atoms with Crippen LogP contribution in [0, 0.1) is 0 Å². The first-order valence-corrected chi connectivity index (χ1v) is 9.96. The Kier molecular flexibility index (Phi) is 6.74. The summed E-state index contributed by atoms with van der Waals surface area (Å²) in [6, 6.07) is 8.30. The summed E-state index contributed by atoms with van der Waals surface area (Å²) in [5.41, 5.74) is 3.39. The number of aliphatic imine (C=N–C) groups is 1. The predicted octanol–water partition coefficient (Wildman–Crippen LogP) is 3.42. The van der Waals surface area contributed by atoms with Crippen molar-refractivity contribution >= 4 is 5.96 Å². The molecule has 1 aliphatic rings. The molecule has 0 fully saturated rings. The third-order valence-corrected chi connectivity index (χ3v) is 4.95. The van der Waals surface area contributed by atoms with Gasteiger partial charge in [-0.05, 0) is 31.4 Å². The highest BCUT2D eigenvalue weighted by Crippen LogP contribution is 2.32. The van der Waals surface area contributed by atoms with Crippen LogP contribution in [-0.2, 0) is 19.4 Å². The molecule has 6 heteroatoms. The average Bonchev–Trinajstić information content (AvgIpc) is 3.12. The molecule has 27 heavy (non-hydrogen) atoms. The van der Waals surface area contributed by atoms with Gasteiger partial charge in [-0.3, -0.25) is 0 Å². The van der Waals surface area contributed by atoms with E-state index >= 15 is 0 Å². The molecule has 0 amide bonds. The summed E-state index contributed by atoms with van der Waals surface area (Å²) in [6.45, 7) is 9.25. The zero-order valence-electron chi connectivity index (χ0n) is 16.5. The number of para-hydroxylation sites is 1. The summed E-state index contributed by atoms with van der Waals surface area (Å²) in [5, 5.41) is 11.0. The molecule has 1 aromatic heterocycles. The van der Waals surface area contributed by atoms with Gasteiger partial charge in [0.15, 0.2) is 5.96 Å². The zero-order chi connectivity index (χ0) is 19.1. The molecular formula is C21H30N4O2. The van der Waals surface area contributed by atoms with Gasteiger partial charge in [-0.1, -0.05) is 37.2 Å². The van der Waals surface area contributed by atoms with Crippen molar-refractivity contribution in [2.45, 2.75) is 52.5 Å². The molecule has 0 saturated heterocycles. The zero-order valence-corrected chi connectivity index (χ0v) is 16.5. The van der Waals surface area contributed by atoms with Crippen molar-refractivity contribution in [3.8, 4) is 5.75 Å². The lowest BCUT2D eigenvalue weighted by Gasteiger charge is -2.26. The Morgan fingerprint density at radius 3 is 2.81 bits per heavy atom. The van der Waals surface area contributed by atoms with Crippen molar-refractivity contribution < 1.29 is 9.26 Å². The summed E-state index contributed by atoms with van der Waals surface area (Å²) in [6.07, 6.45) is 2.70.